The molecule has 0 aliphatic carbocycles. The molecule has 0 saturated heterocycles. The minimum absolute atomic E-state index is 0.0968. The highest BCUT2D eigenvalue weighted by molar-refractivity contribution is 7.13. The Morgan fingerprint density at radius 3 is 2.47 bits per heavy atom. The third-order valence-electron chi connectivity index (χ3n) is 1.84. The fourth-order valence-electron chi connectivity index (χ4n) is 1.09. The maximum atomic E-state index is 11.8. The molecule has 0 aliphatic rings. The van der Waals surface area contributed by atoms with Gasteiger partial charge in [0.05, 0.1) is 11.2 Å². The maximum Gasteiger partial charge on any atom is 0.267 e. The van der Waals surface area contributed by atoms with Gasteiger partial charge in [-0.3, -0.25) is 4.79 Å². The zero-order chi connectivity index (χ0) is 12.4. The lowest BCUT2D eigenvalue weighted by Crippen LogP contribution is -2.11. The minimum Gasteiger partial charge on any atom is -0.316 e. The summed E-state index contributed by atoms with van der Waals surface area (Å²) in [5.74, 6) is -0.339. The summed E-state index contributed by atoms with van der Waals surface area (Å²) < 4.78 is 0. The predicted molar refractivity (Wildman–Crippen MR) is 66.9 cm³/mol. The molecule has 88 valence electrons. The highest BCUT2D eigenvalue weighted by atomic mass is 35.5. The van der Waals surface area contributed by atoms with Gasteiger partial charge in [0.25, 0.3) is 5.91 Å². The first-order valence-electron chi connectivity index (χ1n) is 4.47. The van der Waals surface area contributed by atoms with Crippen LogP contribution >= 0.6 is 34.5 Å². The summed E-state index contributed by atoms with van der Waals surface area (Å²) in [5.41, 5.74) is 0.201. The van der Waals surface area contributed by atoms with Crippen LogP contribution in [0, 0.1) is 6.92 Å². The van der Waals surface area contributed by atoms with Crippen molar-refractivity contribution in [1.29, 1.82) is 0 Å². The van der Waals surface area contributed by atoms with Gasteiger partial charge in [0.15, 0.2) is 10.3 Å². The molecule has 2 heterocycles. The van der Waals surface area contributed by atoms with Gasteiger partial charge in [-0.1, -0.05) is 23.2 Å². The van der Waals surface area contributed by atoms with Gasteiger partial charge in [0.2, 0.25) is 0 Å². The summed E-state index contributed by atoms with van der Waals surface area (Å²) in [5, 5.41) is 3.55. The normalized spacial score (nSPS) is 10.3. The van der Waals surface area contributed by atoms with E-state index in [1.54, 1.807) is 0 Å². The second kappa shape index (κ2) is 4.95. The van der Waals surface area contributed by atoms with Crippen LogP contribution < -0.4 is 5.32 Å². The van der Waals surface area contributed by atoms with Crippen LogP contribution in [-0.2, 0) is 0 Å². The van der Waals surface area contributed by atoms with Gasteiger partial charge >= 0.3 is 0 Å². The standard InChI is InChI=1S/C9H6Cl2N4OS/c1-4-12-2-5(17-4)9(16)15-6-7(10)13-3-14-8(6)11/h2-3H,1H3,(H,15,16). The topological polar surface area (TPSA) is 67.8 Å². The van der Waals surface area contributed by atoms with Crippen LogP contribution in [0.15, 0.2) is 12.5 Å². The Hall–Kier alpha value is -1.24. The van der Waals surface area contributed by atoms with Crippen molar-refractivity contribution in [2.45, 2.75) is 6.92 Å². The fraction of sp³-hybridized carbons (Fsp3) is 0.111. The van der Waals surface area contributed by atoms with Crippen molar-refractivity contribution in [1.82, 2.24) is 15.0 Å². The highest BCUT2D eigenvalue weighted by Crippen LogP contribution is 2.26. The van der Waals surface area contributed by atoms with Gasteiger partial charge in [-0.2, -0.15) is 0 Å². The van der Waals surface area contributed by atoms with Gasteiger partial charge < -0.3 is 5.32 Å². The van der Waals surface area contributed by atoms with E-state index in [0.29, 0.717) is 4.88 Å². The molecule has 0 saturated carbocycles. The summed E-state index contributed by atoms with van der Waals surface area (Å²) in [6.07, 6.45) is 2.71. The van der Waals surface area contributed by atoms with E-state index < -0.39 is 0 Å². The van der Waals surface area contributed by atoms with Crippen LogP contribution in [0.25, 0.3) is 0 Å². The number of nitrogens with one attached hydrogen (secondary N) is 1. The Morgan fingerprint density at radius 1 is 1.29 bits per heavy atom. The van der Waals surface area contributed by atoms with E-state index >= 15 is 0 Å². The molecule has 8 heteroatoms. The molecular weight excluding hydrogens is 283 g/mol. The van der Waals surface area contributed by atoms with Crippen LogP contribution in [0.1, 0.15) is 14.7 Å². The van der Waals surface area contributed by atoms with E-state index in [1.807, 2.05) is 6.92 Å². The summed E-state index contributed by atoms with van der Waals surface area (Å²) in [6, 6.07) is 0. The van der Waals surface area contributed by atoms with E-state index in [9.17, 15) is 4.79 Å². The molecule has 17 heavy (non-hydrogen) atoms. The average molecular weight is 289 g/mol. The largest absolute Gasteiger partial charge is 0.316 e. The first kappa shape index (κ1) is 12.2. The Kier molecular flexibility index (Phi) is 3.56. The number of halogens is 2. The quantitative estimate of drug-likeness (QED) is 0.863. The average Bonchev–Trinajstić information content (AvgIpc) is 2.70. The molecule has 0 unspecified atom stereocenters. The molecule has 2 rings (SSSR count). The van der Waals surface area contributed by atoms with Crippen LogP contribution in [0.5, 0.6) is 0 Å². The number of hydrogen-bond donors (Lipinski definition) is 1. The molecule has 0 aliphatic heterocycles. The fourth-order valence-corrected chi connectivity index (χ4v) is 2.17. The van der Waals surface area contributed by atoms with Crippen molar-refractivity contribution in [3.63, 3.8) is 0 Å². The van der Waals surface area contributed by atoms with Gasteiger partial charge in [0.1, 0.15) is 16.9 Å². The third kappa shape index (κ3) is 2.71. The molecule has 0 radical (unpaired) electrons. The zero-order valence-electron chi connectivity index (χ0n) is 8.57. The minimum atomic E-state index is -0.339. The molecule has 1 N–H and O–H groups in total. The maximum absolute atomic E-state index is 11.8. The number of hydrogen-bond acceptors (Lipinski definition) is 5. The first-order valence-corrected chi connectivity index (χ1v) is 6.05. The smallest absolute Gasteiger partial charge is 0.267 e. The number of nitrogens with zero attached hydrogens (tertiary/aromatic N) is 3. The number of carbonyl (C=O) groups is 1. The third-order valence-corrected chi connectivity index (χ3v) is 3.32. The van der Waals surface area contributed by atoms with Gasteiger partial charge in [-0.05, 0) is 6.92 Å². The van der Waals surface area contributed by atoms with E-state index in [-0.39, 0.29) is 21.9 Å². The Bertz CT molecular complexity index is 552. The predicted octanol–water partition coefficient (Wildman–Crippen LogP) is 2.80. The number of carbonyl (C=O) groups excluding carboxylic acids is 1. The lowest BCUT2D eigenvalue weighted by atomic mass is 10.4. The zero-order valence-corrected chi connectivity index (χ0v) is 10.9. The van der Waals surface area contributed by atoms with Crippen LogP contribution in [0.3, 0.4) is 0 Å². The molecular formula is C9H6Cl2N4OS. The van der Waals surface area contributed by atoms with E-state index in [0.717, 1.165) is 5.01 Å². The number of rotatable bonds is 2. The van der Waals surface area contributed by atoms with Gasteiger partial charge in [-0.25, -0.2) is 15.0 Å². The first-order chi connectivity index (χ1) is 8.08. The number of aromatic nitrogens is 3. The van der Waals surface area contributed by atoms with Crippen LogP contribution in [0.4, 0.5) is 5.69 Å². The van der Waals surface area contributed by atoms with Crippen molar-refractivity contribution in [2.75, 3.05) is 5.32 Å². The summed E-state index contributed by atoms with van der Waals surface area (Å²) in [4.78, 5) is 23.7. The van der Waals surface area contributed by atoms with Crippen molar-refractivity contribution < 1.29 is 4.79 Å². The summed E-state index contributed by atoms with van der Waals surface area (Å²) in [7, 11) is 0. The second-order valence-electron chi connectivity index (χ2n) is 3.03. The summed E-state index contributed by atoms with van der Waals surface area (Å²) >= 11 is 12.9. The Balaban J connectivity index is 2.24. The monoisotopic (exact) mass is 288 g/mol. The van der Waals surface area contributed by atoms with E-state index in [1.165, 1.54) is 23.9 Å². The van der Waals surface area contributed by atoms with E-state index in [2.05, 4.69) is 20.3 Å². The van der Waals surface area contributed by atoms with Crippen molar-refractivity contribution in [2.24, 2.45) is 0 Å². The SMILES string of the molecule is Cc1ncc(C(=O)Nc2c(Cl)ncnc2Cl)s1. The second-order valence-corrected chi connectivity index (χ2v) is 4.98. The molecule has 2 aromatic heterocycles. The number of anilines is 1. The van der Waals surface area contributed by atoms with Crippen LogP contribution in [0.2, 0.25) is 10.3 Å². The highest BCUT2D eigenvalue weighted by Gasteiger charge is 2.14. The Morgan fingerprint density at radius 2 is 1.94 bits per heavy atom. The molecule has 0 bridgehead atoms. The lowest BCUT2D eigenvalue weighted by Gasteiger charge is -2.05. The molecule has 5 nitrogen and oxygen atoms in total. The van der Waals surface area contributed by atoms with Crippen molar-refractivity contribution in [3.05, 3.63) is 32.7 Å². The molecule has 2 aromatic rings. The molecule has 0 atom stereocenters. The van der Waals surface area contributed by atoms with Gasteiger partial charge in [-0.15, -0.1) is 11.3 Å². The molecule has 0 spiro atoms. The van der Waals surface area contributed by atoms with Crippen molar-refractivity contribution in [3.8, 4) is 0 Å². The van der Waals surface area contributed by atoms with E-state index in [4.69, 9.17) is 23.2 Å². The molecule has 1 amide bonds. The molecule has 0 aromatic carbocycles. The van der Waals surface area contributed by atoms with Gasteiger partial charge in [0, 0.05) is 0 Å². The number of amides is 1. The lowest BCUT2D eigenvalue weighted by molar-refractivity contribution is 0.103. The summed E-state index contributed by atoms with van der Waals surface area (Å²) in [6.45, 7) is 1.81. The number of aryl methyl sites for hydroxylation is 1. The van der Waals surface area contributed by atoms with Crippen LogP contribution in [-0.4, -0.2) is 20.9 Å². The Labute approximate surface area is 111 Å². The number of thiazole rings is 1. The molecule has 0 fully saturated rings. The van der Waals surface area contributed by atoms with Crippen molar-refractivity contribution >= 4 is 46.1 Å².